The first-order valence-corrected chi connectivity index (χ1v) is 7.39. The number of nitrogens with zero attached hydrogens (tertiary/aromatic N) is 2. The summed E-state index contributed by atoms with van der Waals surface area (Å²) in [6.07, 6.45) is 0. The van der Waals surface area contributed by atoms with Gasteiger partial charge in [-0.2, -0.15) is 5.10 Å². The number of halogens is 3. The predicted octanol–water partition coefficient (Wildman–Crippen LogP) is 4.77. The lowest BCUT2D eigenvalue weighted by atomic mass is 10.1. The van der Waals surface area contributed by atoms with E-state index in [0.29, 0.717) is 15.2 Å². The Bertz CT molecular complexity index is 631. The fraction of sp³-hybridized carbons (Fsp3) is 0.357. The summed E-state index contributed by atoms with van der Waals surface area (Å²) >= 11 is 9.43. The van der Waals surface area contributed by atoms with Crippen molar-refractivity contribution in [2.75, 3.05) is 5.32 Å². The van der Waals surface area contributed by atoms with Gasteiger partial charge in [-0.05, 0) is 48.8 Å². The summed E-state index contributed by atoms with van der Waals surface area (Å²) < 4.78 is 15.7. The Morgan fingerprint density at radius 3 is 2.55 bits per heavy atom. The van der Waals surface area contributed by atoms with Crippen LogP contribution < -0.4 is 5.32 Å². The second-order valence-electron chi connectivity index (χ2n) is 4.82. The molecule has 0 amide bonds. The summed E-state index contributed by atoms with van der Waals surface area (Å²) in [6, 6.07) is 2.71. The van der Waals surface area contributed by atoms with E-state index in [1.807, 2.05) is 32.5 Å². The molecule has 108 valence electrons. The predicted molar refractivity (Wildman–Crippen MR) is 83.8 cm³/mol. The molecule has 2 rings (SSSR count). The van der Waals surface area contributed by atoms with Gasteiger partial charge < -0.3 is 5.32 Å². The van der Waals surface area contributed by atoms with Crippen molar-refractivity contribution < 1.29 is 4.39 Å². The number of rotatable bonds is 3. The molecule has 0 bridgehead atoms. The molecule has 1 N–H and O–H groups in total. The van der Waals surface area contributed by atoms with Crippen LogP contribution in [-0.2, 0) is 7.05 Å². The normalized spacial score (nSPS) is 12.6. The van der Waals surface area contributed by atoms with Gasteiger partial charge in [0.05, 0.1) is 22.4 Å². The van der Waals surface area contributed by atoms with E-state index >= 15 is 0 Å². The summed E-state index contributed by atoms with van der Waals surface area (Å²) in [5.74, 6) is -0.367. The Balaban J connectivity index is 2.35. The molecule has 1 unspecified atom stereocenters. The van der Waals surface area contributed by atoms with Crippen LogP contribution in [0, 0.1) is 19.7 Å². The van der Waals surface area contributed by atoms with E-state index in [1.54, 1.807) is 0 Å². The molecule has 0 saturated carbocycles. The maximum Gasteiger partial charge on any atom is 0.125 e. The van der Waals surface area contributed by atoms with E-state index in [0.717, 1.165) is 17.0 Å². The quantitative estimate of drug-likeness (QED) is 0.855. The molecule has 2 aromatic rings. The lowest BCUT2D eigenvalue weighted by Gasteiger charge is -2.18. The molecule has 0 fully saturated rings. The second kappa shape index (κ2) is 5.74. The van der Waals surface area contributed by atoms with Gasteiger partial charge in [0.25, 0.3) is 0 Å². The maximum absolute atomic E-state index is 13.2. The number of hydrogen-bond donors (Lipinski definition) is 1. The molecule has 6 heteroatoms. The molecule has 20 heavy (non-hydrogen) atoms. The Hall–Kier alpha value is -1.07. The zero-order valence-corrected chi connectivity index (χ0v) is 14.1. The molecular formula is C14H16BrClFN3. The molecule has 3 nitrogen and oxygen atoms in total. The van der Waals surface area contributed by atoms with E-state index in [-0.39, 0.29) is 11.9 Å². The first-order chi connectivity index (χ1) is 9.31. The number of benzene rings is 1. The van der Waals surface area contributed by atoms with E-state index in [2.05, 4.69) is 26.3 Å². The number of hydrogen-bond acceptors (Lipinski definition) is 2. The van der Waals surface area contributed by atoms with Gasteiger partial charge in [-0.15, -0.1) is 0 Å². The van der Waals surface area contributed by atoms with Crippen LogP contribution >= 0.6 is 27.5 Å². The standard InChI is InChI=1S/C14H16BrClFN3/c1-7(13-8(2)19-20(4)9(13)3)18-14-11(15)5-10(17)6-12(14)16/h5-7,18H,1-4H3. The molecule has 0 saturated heterocycles. The van der Waals surface area contributed by atoms with Gasteiger partial charge in [0.2, 0.25) is 0 Å². The summed E-state index contributed by atoms with van der Waals surface area (Å²) in [7, 11) is 1.92. The highest BCUT2D eigenvalue weighted by Crippen LogP contribution is 2.35. The number of aryl methyl sites for hydroxylation is 2. The fourth-order valence-corrected chi connectivity index (χ4v) is 3.31. The third kappa shape index (κ3) is 2.83. The fourth-order valence-electron chi connectivity index (χ4n) is 2.39. The minimum absolute atomic E-state index is 0.0166. The number of nitrogens with one attached hydrogen (secondary N) is 1. The van der Waals surface area contributed by atoms with Crippen LogP contribution in [0.1, 0.15) is 29.9 Å². The smallest absolute Gasteiger partial charge is 0.125 e. The zero-order chi connectivity index (χ0) is 15.0. The van der Waals surface area contributed by atoms with Crippen molar-refractivity contribution in [1.82, 2.24) is 9.78 Å². The van der Waals surface area contributed by atoms with Crippen LogP contribution in [-0.4, -0.2) is 9.78 Å². The van der Waals surface area contributed by atoms with E-state index < -0.39 is 0 Å². The van der Waals surface area contributed by atoms with Crippen molar-refractivity contribution in [3.63, 3.8) is 0 Å². The topological polar surface area (TPSA) is 29.9 Å². The molecule has 1 aromatic carbocycles. The zero-order valence-electron chi connectivity index (χ0n) is 11.8. The average Bonchev–Trinajstić information content (AvgIpc) is 2.58. The van der Waals surface area contributed by atoms with Crippen LogP contribution in [0.4, 0.5) is 10.1 Å². The molecular weight excluding hydrogens is 345 g/mol. The molecule has 1 aromatic heterocycles. The van der Waals surface area contributed by atoms with Crippen LogP contribution in [0.25, 0.3) is 0 Å². The Morgan fingerprint density at radius 1 is 1.40 bits per heavy atom. The molecule has 0 radical (unpaired) electrons. The van der Waals surface area contributed by atoms with Crippen LogP contribution in [0.3, 0.4) is 0 Å². The SMILES string of the molecule is Cc1nn(C)c(C)c1C(C)Nc1c(Cl)cc(F)cc1Br. The van der Waals surface area contributed by atoms with Gasteiger partial charge in [0.1, 0.15) is 5.82 Å². The molecule has 1 atom stereocenters. The van der Waals surface area contributed by atoms with Crippen molar-refractivity contribution in [2.45, 2.75) is 26.8 Å². The van der Waals surface area contributed by atoms with Gasteiger partial charge in [0.15, 0.2) is 0 Å². The monoisotopic (exact) mass is 359 g/mol. The summed E-state index contributed by atoms with van der Waals surface area (Å²) in [6.45, 7) is 6.03. The average molecular weight is 361 g/mol. The Kier molecular flexibility index (Phi) is 4.39. The lowest BCUT2D eigenvalue weighted by Crippen LogP contribution is -2.10. The van der Waals surface area contributed by atoms with Crippen LogP contribution in [0.2, 0.25) is 5.02 Å². The highest BCUT2D eigenvalue weighted by Gasteiger charge is 2.18. The first-order valence-electron chi connectivity index (χ1n) is 6.22. The minimum atomic E-state index is -0.367. The van der Waals surface area contributed by atoms with Gasteiger partial charge in [0, 0.05) is 22.8 Å². The molecule has 0 aliphatic heterocycles. The van der Waals surface area contributed by atoms with Gasteiger partial charge >= 0.3 is 0 Å². The van der Waals surface area contributed by atoms with Crippen molar-refractivity contribution in [3.8, 4) is 0 Å². The highest BCUT2D eigenvalue weighted by molar-refractivity contribution is 9.10. The third-order valence-corrected chi connectivity index (χ3v) is 4.29. The lowest BCUT2D eigenvalue weighted by molar-refractivity contribution is 0.627. The van der Waals surface area contributed by atoms with Crippen LogP contribution in [0.15, 0.2) is 16.6 Å². The Labute approximate surface area is 131 Å². The molecule has 0 aliphatic rings. The van der Waals surface area contributed by atoms with Crippen molar-refractivity contribution in [1.29, 1.82) is 0 Å². The number of anilines is 1. The molecule has 0 spiro atoms. The van der Waals surface area contributed by atoms with Gasteiger partial charge in [-0.25, -0.2) is 4.39 Å². The molecule has 0 aliphatic carbocycles. The molecule has 1 heterocycles. The third-order valence-electron chi connectivity index (χ3n) is 3.37. The van der Waals surface area contributed by atoms with E-state index in [9.17, 15) is 4.39 Å². The maximum atomic E-state index is 13.2. The Morgan fingerprint density at radius 2 is 2.05 bits per heavy atom. The summed E-state index contributed by atoms with van der Waals surface area (Å²) in [5.41, 5.74) is 3.87. The number of aromatic nitrogens is 2. The van der Waals surface area contributed by atoms with Gasteiger partial charge in [-0.3, -0.25) is 4.68 Å². The van der Waals surface area contributed by atoms with Crippen LogP contribution in [0.5, 0.6) is 0 Å². The van der Waals surface area contributed by atoms with Gasteiger partial charge in [-0.1, -0.05) is 11.6 Å². The van der Waals surface area contributed by atoms with Crippen molar-refractivity contribution >= 4 is 33.2 Å². The van der Waals surface area contributed by atoms with Crippen molar-refractivity contribution in [2.24, 2.45) is 7.05 Å². The van der Waals surface area contributed by atoms with E-state index in [4.69, 9.17) is 11.6 Å². The second-order valence-corrected chi connectivity index (χ2v) is 6.08. The first kappa shape index (κ1) is 15.3. The highest BCUT2D eigenvalue weighted by atomic mass is 79.9. The summed E-state index contributed by atoms with van der Waals surface area (Å²) in [4.78, 5) is 0. The largest absolute Gasteiger partial charge is 0.376 e. The summed E-state index contributed by atoms with van der Waals surface area (Å²) in [5, 5.41) is 8.07. The van der Waals surface area contributed by atoms with Crippen molar-refractivity contribution in [3.05, 3.63) is 44.4 Å². The minimum Gasteiger partial charge on any atom is -0.376 e. The van der Waals surface area contributed by atoms with E-state index in [1.165, 1.54) is 12.1 Å².